The molecule has 0 aliphatic carbocycles. The van der Waals surface area contributed by atoms with Gasteiger partial charge in [-0.05, 0) is 24.1 Å². The summed E-state index contributed by atoms with van der Waals surface area (Å²) in [5.41, 5.74) is 1.20. The zero-order valence-corrected chi connectivity index (χ0v) is 13.2. The zero-order valence-electron chi connectivity index (χ0n) is 11.1. The van der Waals surface area contributed by atoms with Gasteiger partial charge in [-0.15, -0.1) is 0 Å². The topological polar surface area (TPSA) is 18.5 Å². The Bertz CT molecular complexity index is 346. The summed E-state index contributed by atoms with van der Waals surface area (Å²) in [7, 11) is 1.68. The molecule has 0 N–H and O–H groups in total. The Labute approximate surface area is 124 Å². The number of allylic oxidation sites excluding steroid dienone is 1. The molecule has 0 radical (unpaired) electrons. The predicted molar refractivity (Wildman–Crippen MR) is 84.6 cm³/mol. The third-order valence-electron chi connectivity index (χ3n) is 2.64. The van der Waals surface area contributed by atoms with Crippen molar-refractivity contribution in [3.05, 3.63) is 42.0 Å². The van der Waals surface area contributed by atoms with Gasteiger partial charge in [0.05, 0.1) is 19.8 Å². The van der Waals surface area contributed by atoms with Crippen molar-refractivity contribution in [2.24, 2.45) is 0 Å². The van der Waals surface area contributed by atoms with E-state index in [0.29, 0.717) is 6.61 Å². The van der Waals surface area contributed by atoms with E-state index in [4.69, 9.17) is 9.47 Å². The van der Waals surface area contributed by atoms with Crippen molar-refractivity contribution in [1.29, 1.82) is 0 Å². The highest BCUT2D eigenvalue weighted by Crippen LogP contribution is 2.22. The molecule has 0 saturated heterocycles. The van der Waals surface area contributed by atoms with Gasteiger partial charge in [-0.2, -0.15) is 0 Å². The van der Waals surface area contributed by atoms with Crippen molar-refractivity contribution < 1.29 is 9.47 Å². The smallest absolute Gasteiger partial charge is 0.118 e. The Morgan fingerprint density at radius 3 is 2.50 bits per heavy atom. The normalized spacial score (nSPS) is 12.8. The number of ether oxygens (including phenoxy) is 2. The Kier molecular flexibility index (Phi) is 8.09. The fourth-order valence-electron chi connectivity index (χ4n) is 1.57. The summed E-state index contributed by atoms with van der Waals surface area (Å²) in [6.45, 7) is 2.86. The molecule has 0 aliphatic heterocycles. The molecule has 100 valence electrons. The Hall–Kier alpha value is -0.550. The van der Waals surface area contributed by atoms with E-state index >= 15 is 0 Å². The summed E-state index contributed by atoms with van der Waals surface area (Å²) < 4.78 is 12.0. The van der Waals surface area contributed by atoms with E-state index in [1.54, 1.807) is 7.11 Å². The summed E-state index contributed by atoms with van der Waals surface area (Å²) in [5.74, 6) is 0.883. The van der Waals surface area contributed by atoms with Gasteiger partial charge in [0.1, 0.15) is 5.75 Å². The van der Waals surface area contributed by atoms with Gasteiger partial charge >= 0.3 is 0 Å². The summed E-state index contributed by atoms with van der Waals surface area (Å²) in [5, 5.41) is 0. The fourth-order valence-corrected chi connectivity index (χ4v) is 2.34. The first kappa shape index (κ1) is 15.5. The van der Waals surface area contributed by atoms with E-state index in [1.807, 2.05) is 12.1 Å². The summed E-state index contributed by atoms with van der Waals surface area (Å²) in [4.78, 5) is 0. The minimum atomic E-state index is 0.155. The molecule has 1 aromatic carbocycles. The van der Waals surface area contributed by atoms with Crippen LogP contribution >= 0.6 is 22.6 Å². The van der Waals surface area contributed by atoms with Crippen LogP contribution in [-0.4, -0.2) is 18.1 Å². The van der Waals surface area contributed by atoms with Crippen molar-refractivity contribution in [3.8, 4) is 5.75 Å². The Morgan fingerprint density at radius 2 is 1.94 bits per heavy atom. The van der Waals surface area contributed by atoms with Crippen LogP contribution in [0.25, 0.3) is 0 Å². The van der Waals surface area contributed by atoms with Gasteiger partial charge in [0.15, 0.2) is 0 Å². The molecule has 0 aliphatic rings. The van der Waals surface area contributed by atoms with Crippen molar-refractivity contribution in [2.75, 3.05) is 18.1 Å². The van der Waals surface area contributed by atoms with Gasteiger partial charge < -0.3 is 9.47 Å². The van der Waals surface area contributed by atoms with Gasteiger partial charge in [-0.25, -0.2) is 0 Å². The van der Waals surface area contributed by atoms with Crippen molar-refractivity contribution in [1.82, 2.24) is 0 Å². The molecule has 0 fully saturated rings. The van der Waals surface area contributed by atoms with Crippen LogP contribution in [-0.2, 0) is 4.74 Å². The number of hydrogen-bond acceptors (Lipinski definition) is 2. The van der Waals surface area contributed by atoms with Gasteiger partial charge in [0, 0.05) is 4.43 Å². The average Bonchev–Trinajstić information content (AvgIpc) is 2.43. The van der Waals surface area contributed by atoms with E-state index in [-0.39, 0.29) is 6.10 Å². The molecule has 3 heteroatoms. The molecule has 0 bridgehead atoms. The van der Waals surface area contributed by atoms with E-state index in [0.717, 1.165) is 16.6 Å². The van der Waals surface area contributed by atoms with Crippen LogP contribution in [0.1, 0.15) is 31.4 Å². The molecule has 0 saturated carbocycles. The van der Waals surface area contributed by atoms with Crippen LogP contribution in [0.4, 0.5) is 0 Å². The molecule has 18 heavy (non-hydrogen) atoms. The van der Waals surface area contributed by atoms with E-state index in [1.165, 1.54) is 12.0 Å². The number of hydrogen-bond donors (Lipinski definition) is 0. The second-order valence-electron chi connectivity index (χ2n) is 4.01. The molecule has 0 aromatic heterocycles. The average molecular weight is 360 g/mol. The van der Waals surface area contributed by atoms with Gasteiger partial charge in [-0.3, -0.25) is 0 Å². The maximum Gasteiger partial charge on any atom is 0.118 e. The van der Waals surface area contributed by atoms with Crippen LogP contribution in [0.15, 0.2) is 36.4 Å². The molecular formula is C15H21IO2. The third kappa shape index (κ3) is 5.40. The molecule has 0 spiro atoms. The third-order valence-corrected chi connectivity index (χ3v) is 3.44. The van der Waals surface area contributed by atoms with Crippen molar-refractivity contribution >= 4 is 22.6 Å². The Balaban J connectivity index is 2.48. The second-order valence-corrected chi connectivity index (χ2v) is 4.89. The number of rotatable bonds is 8. The van der Waals surface area contributed by atoms with E-state index < -0.39 is 0 Å². The van der Waals surface area contributed by atoms with Gasteiger partial charge in [0.25, 0.3) is 0 Å². The molecule has 1 aromatic rings. The van der Waals surface area contributed by atoms with Crippen LogP contribution < -0.4 is 4.74 Å². The van der Waals surface area contributed by atoms with Crippen molar-refractivity contribution in [2.45, 2.75) is 25.9 Å². The molecular weight excluding hydrogens is 339 g/mol. The first-order valence-electron chi connectivity index (χ1n) is 6.28. The fraction of sp³-hybridized carbons (Fsp3) is 0.467. The molecule has 1 atom stereocenters. The first-order chi connectivity index (χ1) is 8.81. The van der Waals surface area contributed by atoms with Gasteiger partial charge in [-0.1, -0.05) is 60.2 Å². The second kappa shape index (κ2) is 9.39. The number of benzene rings is 1. The lowest BCUT2D eigenvalue weighted by Crippen LogP contribution is -2.05. The first-order valence-corrected chi connectivity index (χ1v) is 7.80. The lowest BCUT2D eigenvalue weighted by molar-refractivity contribution is 0.0942. The maximum absolute atomic E-state index is 5.86. The molecule has 0 amide bonds. The number of halogens is 1. The highest BCUT2D eigenvalue weighted by Gasteiger charge is 2.09. The van der Waals surface area contributed by atoms with Crippen LogP contribution in [0.2, 0.25) is 0 Å². The number of methoxy groups -OCH3 is 1. The quantitative estimate of drug-likeness (QED) is 0.385. The Morgan fingerprint density at radius 1 is 1.22 bits per heavy atom. The molecule has 0 heterocycles. The number of unbranched alkanes of at least 4 members (excludes halogenated alkanes) is 1. The SMILES string of the molecule is CCC/C=C\COC(CI)c1ccc(OC)cc1. The monoisotopic (exact) mass is 360 g/mol. The van der Waals surface area contributed by atoms with E-state index in [2.05, 4.69) is 53.8 Å². The molecule has 1 rings (SSSR count). The van der Waals surface area contributed by atoms with E-state index in [9.17, 15) is 0 Å². The molecule has 2 nitrogen and oxygen atoms in total. The standard InChI is InChI=1S/C15H21IO2/c1-3-4-5-6-11-18-15(12-16)13-7-9-14(17-2)10-8-13/h5-10,15H,3-4,11-12H2,1-2H3/b6-5-. The minimum absolute atomic E-state index is 0.155. The molecule has 1 unspecified atom stereocenters. The summed E-state index contributed by atoms with van der Waals surface area (Å²) in [6.07, 6.45) is 6.75. The lowest BCUT2D eigenvalue weighted by Gasteiger charge is -2.15. The van der Waals surface area contributed by atoms with Crippen LogP contribution in [0, 0.1) is 0 Å². The van der Waals surface area contributed by atoms with Crippen molar-refractivity contribution in [3.63, 3.8) is 0 Å². The van der Waals surface area contributed by atoms with Crippen LogP contribution in [0.5, 0.6) is 5.75 Å². The summed E-state index contributed by atoms with van der Waals surface area (Å²) >= 11 is 2.36. The summed E-state index contributed by atoms with van der Waals surface area (Å²) in [6, 6.07) is 8.09. The van der Waals surface area contributed by atoms with Crippen LogP contribution in [0.3, 0.4) is 0 Å². The zero-order chi connectivity index (χ0) is 13.2. The minimum Gasteiger partial charge on any atom is -0.497 e. The number of alkyl halides is 1. The highest BCUT2D eigenvalue weighted by molar-refractivity contribution is 14.1. The largest absolute Gasteiger partial charge is 0.497 e. The predicted octanol–water partition coefficient (Wildman–Crippen LogP) is 4.54. The highest BCUT2D eigenvalue weighted by atomic mass is 127. The van der Waals surface area contributed by atoms with Gasteiger partial charge in [0.2, 0.25) is 0 Å². The lowest BCUT2D eigenvalue weighted by atomic mass is 10.1. The maximum atomic E-state index is 5.86.